The molecule has 4 heteroatoms. The standard InChI is InChI=1S/C13H10F3N/c14-11-3-1-2-10(13(11)16)9-5-4-8(7-17)6-12(9)15/h1-6H,7,17H2. The molecule has 88 valence electrons. The minimum absolute atomic E-state index is 0.0270. The average Bonchev–Trinajstić information content (AvgIpc) is 2.33. The van der Waals surface area contributed by atoms with Crippen LogP contribution in [0.4, 0.5) is 13.2 Å². The molecule has 0 aliphatic carbocycles. The lowest BCUT2D eigenvalue weighted by molar-refractivity contribution is 0.510. The normalized spacial score (nSPS) is 10.6. The fourth-order valence-electron chi connectivity index (χ4n) is 1.62. The predicted octanol–water partition coefficient (Wildman–Crippen LogP) is 3.23. The molecule has 2 rings (SSSR count). The molecule has 0 amide bonds. The molecule has 2 aromatic carbocycles. The molecule has 0 spiro atoms. The molecule has 2 aromatic rings. The molecular formula is C13H10F3N. The fourth-order valence-corrected chi connectivity index (χ4v) is 1.62. The smallest absolute Gasteiger partial charge is 0.166 e. The van der Waals surface area contributed by atoms with Gasteiger partial charge in [-0.3, -0.25) is 0 Å². The van der Waals surface area contributed by atoms with Crippen molar-refractivity contribution in [3.63, 3.8) is 0 Å². The van der Waals surface area contributed by atoms with Gasteiger partial charge in [-0.25, -0.2) is 13.2 Å². The van der Waals surface area contributed by atoms with Crippen molar-refractivity contribution in [2.75, 3.05) is 0 Å². The van der Waals surface area contributed by atoms with Crippen LogP contribution in [0.2, 0.25) is 0 Å². The summed E-state index contributed by atoms with van der Waals surface area (Å²) in [5, 5.41) is 0. The van der Waals surface area contributed by atoms with Gasteiger partial charge in [0.2, 0.25) is 0 Å². The quantitative estimate of drug-likeness (QED) is 0.852. The number of hydrogen-bond donors (Lipinski definition) is 1. The van der Waals surface area contributed by atoms with E-state index in [-0.39, 0.29) is 17.7 Å². The van der Waals surface area contributed by atoms with Crippen molar-refractivity contribution in [2.45, 2.75) is 6.54 Å². The SMILES string of the molecule is NCc1ccc(-c2cccc(F)c2F)c(F)c1. The summed E-state index contributed by atoms with van der Waals surface area (Å²) in [6, 6.07) is 7.87. The summed E-state index contributed by atoms with van der Waals surface area (Å²) in [7, 11) is 0. The highest BCUT2D eigenvalue weighted by atomic mass is 19.2. The summed E-state index contributed by atoms with van der Waals surface area (Å²) in [5.41, 5.74) is 5.90. The summed E-state index contributed by atoms with van der Waals surface area (Å²) in [6.45, 7) is 0.197. The monoisotopic (exact) mass is 237 g/mol. The van der Waals surface area contributed by atoms with Gasteiger partial charge < -0.3 is 5.73 Å². The third-order valence-electron chi connectivity index (χ3n) is 2.51. The van der Waals surface area contributed by atoms with E-state index >= 15 is 0 Å². The third-order valence-corrected chi connectivity index (χ3v) is 2.51. The van der Waals surface area contributed by atoms with Crippen LogP contribution in [0.25, 0.3) is 11.1 Å². The van der Waals surface area contributed by atoms with Crippen molar-refractivity contribution >= 4 is 0 Å². The van der Waals surface area contributed by atoms with Crippen LogP contribution >= 0.6 is 0 Å². The van der Waals surface area contributed by atoms with Crippen molar-refractivity contribution in [1.82, 2.24) is 0 Å². The number of hydrogen-bond acceptors (Lipinski definition) is 1. The average molecular weight is 237 g/mol. The molecule has 0 atom stereocenters. The summed E-state index contributed by atoms with van der Waals surface area (Å²) in [6.07, 6.45) is 0. The first kappa shape index (κ1) is 11.7. The lowest BCUT2D eigenvalue weighted by Gasteiger charge is -2.07. The highest BCUT2D eigenvalue weighted by Gasteiger charge is 2.13. The first-order chi connectivity index (χ1) is 8.13. The van der Waals surface area contributed by atoms with Gasteiger partial charge in [0, 0.05) is 17.7 Å². The second-order valence-corrected chi connectivity index (χ2v) is 3.62. The molecule has 0 radical (unpaired) electrons. The van der Waals surface area contributed by atoms with Crippen LogP contribution in [0.15, 0.2) is 36.4 Å². The Hall–Kier alpha value is -1.81. The van der Waals surface area contributed by atoms with E-state index in [0.717, 1.165) is 6.07 Å². The Balaban J connectivity index is 2.57. The first-order valence-corrected chi connectivity index (χ1v) is 5.06. The maximum absolute atomic E-state index is 13.7. The van der Waals surface area contributed by atoms with Crippen LogP contribution in [-0.4, -0.2) is 0 Å². The van der Waals surface area contributed by atoms with Crippen LogP contribution < -0.4 is 5.73 Å². The number of halogens is 3. The van der Waals surface area contributed by atoms with E-state index in [0.29, 0.717) is 5.56 Å². The van der Waals surface area contributed by atoms with Crippen molar-refractivity contribution in [3.05, 3.63) is 59.4 Å². The number of nitrogens with two attached hydrogens (primary N) is 1. The topological polar surface area (TPSA) is 26.0 Å². The Morgan fingerprint density at radius 3 is 2.29 bits per heavy atom. The van der Waals surface area contributed by atoms with Gasteiger partial charge in [0.05, 0.1) is 0 Å². The predicted molar refractivity (Wildman–Crippen MR) is 59.6 cm³/mol. The molecule has 0 fully saturated rings. The van der Waals surface area contributed by atoms with E-state index in [2.05, 4.69) is 0 Å². The Morgan fingerprint density at radius 1 is 0.882 bits per heavy atom. The first-order valence-electron chi connectivity index (χ1n) is 5.06. The van der Waals surface area contributed by atoms with E-state index in [4.69, 9.17) is 5.73 Å². The molecule has 17 heavy (non-hydrogen) atoms. The summed E-state index contributed by atoms with van der Waals surface area (Å²) in [5.74, 6) is -2.66. The zero-order chi connectivity index (χ0) is 12.4. The van der Waals surface area contributed by atoms with E-state index < -0.39 is 17.5 Å². The number of benzene rings is 2. The molecule has 0 aliphatic rings. The van der Waals surface area contributed by atoms with Crippen LogP contribution in [0.1, 0.15) is 5.56 Å². The largest absolute Gasteiger partial charge is 0.326 e. The Bertz CT molecular complexity index is 552. The minimum Gasteiger partial charge on any atom is -0.326 e. The van der Waals surface area contributed by atoms with Gasteiger partial charge in [-0.2, -0.15) is 0 Å². The van der Waals surface area contributed by atoms with Crippen LogP contribution in [0.3, 0.4) is 0 Å². The molecule has 0 unspecified atom stereocenters. The lowest BCUT2D eigenvalue weighted by Crippen LogP contribution is -1.98. The molecule has 0 aromatic heterocycles. The van der Waals surface area contributed by atoms with Gasteiger partial charge in [0.25, 0.3) is 0 Å². The van der Waals surface area contributed by atoms with Crippen molar-refractivity contribution in [1.29, 1.82) is 0 Å². The highest BCUT2D eigenvalue weighted by molar-refractivity contribution is 5.65. The maximum atomic E-state index is 13.7. The molecule has 0 saturated carbocycles. The third kappa shape index (κ3) is 2.17. The highest BCUT2D eigenvalue weighted by Crippen LogP contribution is 2.27. The van der Waals surface area contributed by atoms with Crippen molar-refractivity contribution < 1.29 is 13.2 Å². The molecule has 1 nitrogen and oxygen atoms in total. The Morgan fingerprint density at radius 2 is 1.65 bits per heavy atom. The molecule has 2 N–H and O–H groups in total. The molecule has 0 saturated heterocycles. The second kappa shape index (κ2) is 4.59. The van der Waals surface area contributed by atoms with E-state index in [1.54, 1.807) is 6.07 Å². The van der Waals surface area contributed by atoms with Gasteiger partial charge in [-0.1, -0.05) is 24.3 Å². The Labute approximate surface area is 96.7 Å². The summed E-state index contributed by atoms with van der Waals surface area (Å²) < 4.78 is 40.2. The second-order valence-electron chi connectivity index (χ2n) is 3.62. The van der Waals surface area contributed by atoms with Gasteiger partial charge in [-0.05, 0) is 17.7 Å². The molecule has 0 aliphatic heterocycles. The van der Waals surface area contributed by atoms with Gasteiger partial charge >= 0.3 is 0 Å². The van der Waals surface area contributed by atoms with Crippen molar-refractivity contribution in [2.24, 2.45) is 5.73 Å². The van der Waals surface area contributed by atoms with Crippen LogP contribution in [-0.2, 0) is 6.54 Å². The van der Waals surface area contributed by atoms with Crippen LogP contribution in [0, 0.1) is 17.5 Å². The van der Waals surface area contributed by atoms with E-state index in [1.165, 1.54) is 24.3 Å². The zero-order valence-electron chi connectivity index (χ0n) is 8.88. The number of rotatable bonds is 2. The molecule has 0 heterocycles. The van der Waals surface area contributed by atoms with E-state index in [9.17, 15) is 13.2 Å². The van der Waals surface area contributed by atoms with Gasteiger partial charge in [-0.15, -0.1) is 0 Å². The summed E-state index contributed by atoms with van der Waals surface area (Å²) >= 11 is 0. The van der Waals surface area contributed by atoms with Gasteiger partial charge in [0.15, 0.2) is 11.6 Å². The van der Waals surface area contributed by atoms with Crippen LogP contribution in [0.5, 0.6) is 0 Å². The molecular weight excluding hydrogens is 227 g/mol. The fraction of sp³-hybridized carbons (Fsp3) is 0.0769. The summed E-state index contributed by atoms with van der Waals surface area (Å²) in [4.78, 5) is 0. The lowest BCUT2D eigenvalue weighted by atomic mass is 10.0. The Kier molecular flexibility index (Phi) is 3.15. The maximum Gasteiger partial charge on any atom is 0.166 e. The van der Waals surface area contributed by atoms with E-state index in [1.807, 2.05) is 0 Å². The minimum atomic E-state index is -1.05. The zero-order valence-corrected chi connectivity index (χ0v) is 8.88. The van der Waals surface area contributed by atoms with Gasteiger partial charge in [0.1, 0.15) is 5.82 Å². The van der Waals surface area contributed by atoms with Crippen molar-refractivity contribution in [3.8, 4) is 11.1 Å². The molecule has 0 bridgehead atoms.